The van der Waals surface area contributed by atoms with Gasteiger partial charge < -0.3 is 43.5 Å². The summed E-state index contributed by atoms with van der Waals surface area (Å²) in [5.74, 6) is 0. The van der Waals surface area contributed by atoms with Crippen LogP contribution in [0.4, 0.5) is 0 Å². The summed E-state index contributed by atoms with van der Waals surface area (Å²) in [7, 11) is 3.15. The molecule has 32 heteroatoms. The van der Waals surface area contributed by atoms with Crippen molar-refractivity contribution in [3.63, 3.8) is 0 Å². The summed E-state index contributed by atoms with van der Waals surface area (Å²) in [6.07, 6.45) is 4.90. The van der Waals surface area contributed by atoms with Gasteiger partial charge in [0.05, 0.1) is 57.5 Å². The minimum Gasteiger partial charge on any atom is -0.870 e. The zero-order valence-corrected chi connectivity index (χ0v) is 50.6. The third-order valence-electron chi connectivity index (χ3n) is 7.32. The van der Waals surface area contributed by atoms with E-state index >= 15 is 0 Å². The van der Waals surface area contributed by atoms with Crippen molar-refractivity contribution in [1.29, 1.82) is 0 Å². The molecule has 12 atom stereocenters. The zero-order valence-electron chi connectivity index (χ0n) is 40.2. The van der Waals surface area contributed by atoms with E-state index in [0.29, 0.717) is 25.9 Å². The molecular formula is C44H119Cl4N2NaO19P6+2. The van der Waals surface area contributed by atoms with Gasteiger partial charge in [-0.05, 0) is 83.0 Å². The van der Waals surface area contributed by atoms with E-state index in [-0.39, 0.29) is 161 Å². The van der Waals surface area contributed by atoms with E-state index in [4.69, 9.17) is 74.1 Å². The monoisotopic (exact) mass is 1330 g/mol. The molecule has 4 N–H and O–H groups in total. The van der Waals surface area contributed by atoms with Crippen molar-refractivity contribution in [3.05, 3.63) is 0 Å². The van der Waals surface area contributed by atoms with E-state index in [0.717, 1.165) is 19.3 Å². The molecule has 1 heterocycles. The molecule has 0 bridgehead atoms. The molecule has 0 aromatic carbocycles. The Morgan fingerprint density at radius 3 is 1.29 bits per heavy atom. The van der Waals surface area contributed by atoms with Crippen LogP contribution in [0.15, 0.2) is 0 Å². The van der Waals surface area contributed by atoms with E-state index in [1.807, 2.05) is 13.8 Å². The molecule has 76 heavy (non-hydrogen) atoms. The SMILES string of the molecule is C.C.C.C.C.C.C.C.C.C.C.CC1CO[P+](=O)O1.COCC(C)OP(=O)(Cl)OCC(C)OP(C)(=O)OCC(C)OP(C)(=O)NC1CCC1.COCC(C)OP(C)(=O)Cl.COCC(C)O[P+](C)=O.ClCl.NC1CCC1.[Na+].[OH-]. The molecule has 1 saturated heterocycles. The van der Waals surface area contributed by atoms with Crippen molar-refractivity contribution in [2.24, 2.45) is 5.73 Å². The van der Waals surface area contributed by atoms with Crippen LogP contribution < -0.4 is 40.4 Å². The molecule has 2 saturated carbocycles. The standard InChI is InChI=1S/C16H35ClNO9P3.C5H12ClO3P.C5H12O3P.C4H9N.C3H6O3P.11CH4.Cl2.Na.H2O/c1-13(10-22-4)27-30(17,21)24-12-15(3)26-29(6,20)23-11-14(2)25-28(5,19)18-16-8-7-9-16;1-5(4-8-2)9-10(3,6)7;1-5(4-7-2)8-9(3)6;5-4-2-1-3-4;1-3-2-5-7(4)6-3;;;;;;;;;;;;1-2;;/h13-16H,7-12H2,1-6H3,(H,18,19);5H,4H2,1-3H3;5H,4H2,1-3H3;4H,1-3,5H2;3H,2H2,1H3;11*1H4;;;1H2/q;;+1;;+1;;;;;;;;;;;;;+1;/p-1. The van der Waals surface area contributed by atoms with Crippen LogP contribution in [0.25, 0.3) is 0 Å². The second-order valence-electron chi connectivity index (χ2n) is 14.7. The van der Waals surface area contributed by atoms with Gasteiger partial charge in [0.15, 0.2) is 6.66 Å². The van der Waals surface area contributed by atoms with Crippen molar-refractivity contribution >= 4 is 89.3 Å². The second-order valence-corrected chi connectivity index (χ2v) is 27.0. The molecule has 0 aromatic heterocycles. The maximum Gasteiger partial charge on any atom is 1.00 e. The second kappa shape index (κ2) is 68.5. The van der Waals surface area contributed by atoms with Crippen LogP contribution in [-0.4, -0.2) is 142 Å². The van der Waals surface area contributed by atoms with Crippen molar-refractivity contribution in [3.8, 4) is 0 Å². The molecule has 3 fully saturated rings. The van der Waals surface area contributed by atoms with Crippen LogP contribution in [0.1, 0.15) is 162 Å². The Morgan fingerprint density at radius 2 is 1.00 bits per heavy atom. The number of halogens is 4. The maximum atomic E-state index is 12.5. The predicted molar refractivity (Wildman–Crippen MR) is 328 cm³/mol. The number of rotatable bonds is 24. The average molecular weight is 1330 g/mol. The zero-order chi connectivity index (χ0) is 49.5. The van der Waals surface area contributed by atoms with Crippen molar-refractivity contribution < 1.29 is 117 Å². The first-order valence-corrected chi connectivity index (χ1v) is 33.1. The topological polar surface area (TPSA) is 281 Å². The first-order valence-electron chi connectivity index (χ1n) is 19.8. The fraction of sp³-hybridized carbons (Fsp3) is 1.00. The minimum absolute atomic E-state index is 0. The number of nitrogens with two attached hydrogens (primary N) is 1. The molecule has 0 aromatic rings. The van der Waals surface area contributed by atoms with Gasteiger partial charge >= 0.3 is 60.4 Å². The van der Waals surface area contributed by atoms with Gasteiger partial charge in [0.2, 0.25) is 0 Å². The third-order valence-corrected chi connectivity index (χ3v) is 14.4. The van der Waals surface area contributed by atoms with Gasteiger partial charge in [0.25, 0.3) is 14.2 Å². The van der Waals surface area contributed by atoms with E-state index in [9.17, 15) is 27.4 Å². The van der Waals surface area contributed by atoms with Crippen LogP contribution in [0, 0.1) is 0 Å². The smallest absolute Gasteiger partial charge is 0.870 e. The van der Waals surface area contributed by atoms with Crippen LogP contribution in [0.2, 0.25) is 0 Å². The van der Waals surface area contributed by atoms with E-state index < -0.39 is 63.4 Å². The Bertz CT molecular complexity index is 1430. The van der Waals surface area contributed by atoms with Gasteiger partial charge in [0, 0.05) is 90.9 Å². The van der Waals surface area contributed by atoms with Crippen molar-refractivity contribution in [1.82, 2.24) is 5.09 Å². The van der Waals surface area contributed by atoms with Crippen LogP contribution in [0.5, 0.6) is 0 Å². The molecule has 0 radical (unpaired) electrons. The number of hydrogen-bond donors (Lipinski definition) is 2. The molecule has 1 aliphatic heterocycles. The molecule has 3 aliphatic rings. The van der Waals surface area contributed by atoms with Crippen LogP contribution in [-0.2, 0) is 82.3 Å². The number of hydrogen-bond acceptors (Lipinski definition) is 20. The first-order chi connectivity index (χ1) is 29.0. The van der Waals surface area contributed by atoms with Gasteiger partial charge in [-0.25, -0.2) is 9.65 Å². The van der Waals surface area contributed by atoms with Gasteiger partial charge in [-0.2, -0.15) is 0 Å². The summed E-state index contributed by atoms with van der Waals surface area (Å²) in [5, 5.41) is 3.01. The minimum atomic E-state index is -3.84. The Morgan fingerprint density at radius 1 is 0.645 bits per heavy atom. The summed E-state index contributed by atoms with van der Waals surface area (Å²) in [4.78, 5) is 0. The summed E-state index contributed by atoms with van der Waals surface area (Å²) in [5.41, 5.74) is 5.38. The van der Waals surface area contributed by atoms with Crippen LogP contribution in [0.3, 0.4) is 0 Å². The number of ether oxygens (including phenoxy) is 3. The van der Waals surface area contributed by atoms with Crippen LogP contribution >= 0.6 is 89.3 Å². The predicted octanol–water partition coefficient (Wildman–Crippen LogP) is 15.3. The summed E-state index contributed by atoms with van der Waals surface area (Å²) >= 11 is 11.1. The molecule has 2 aliphatic carbocycles. The average Bonchev–Trinajstić information content (AvgIpc) is 3.50. The summed E-state index contributed by atoms with van der Waals surface area (Å²) in [6.45, 7) is 10.6. The van der Waals surface area contributed by atoms with E-state index in [1.165, 1.54) is 53.0 Å². The van der Waals surface area contributed by atoms with Gasteiger partial charge in [-0.1, -0.05) is 94.5 Å². The Hall–Kier alpha value is 2.68. The van der Waals surface area contributed by atoms with Gasteiger partial charge in [0.1, 0.15) is 18.8 Å². The molecule has 476 valence electrons. The molecular weight excluding hydrogens is 1210 g/mol. The normalized spacial score (nSPS) is 19.1. The van der Waals surface area contributed by atoms with Gasteiger partial charge in [-0.15, -0.1) is 13.6 Å². The Balaban J connectivity index is -0.0000000469. The third kappa shape index (κ3) is 80.9. The molecule has 12 unspecified atom stereocenters. The molecule has 3 rings (SSSR count). The fourth-order valence-corrected chi connectivity index (χ4v) is 11.5. The van der Waals surface area contributed by atoms with Crippen molar-refractivity contribution in [2.45, 2.75) is 210 Å². The maximum absolute atomic E-state index is 12.5. The van der Waals surface area contributed by atoms with E-state index in [2.05, 4.69) is 35.8 Å². The fourth-order valence-electron chi connectivity index (χ4n) is 4.52. The largest absolute Gasteiger partial charge is 1.00 e. The molecule has 21 nitrogen and oxygen atoms in total. The summed E-state index contributed by atoms with van der Waals surface area (Å²) in [6, 6.07) is 0.782. The summed E-state index contributed by atoms with van der Waals surface area (Å²) < 4.78 is 128. The van der Waals surface area contributed by atoms with Gasteiger partial charge in [-0.3, -0.25) is 22.7 Å². The molecule has 0 spiro atoms. The quantitative estimate of drug-likeness (QED) is 0.0671. The van der Waals surface area contributed by atoms with Crippen molar-refractivity contribution in [2.75, 3.05) is 87.6 Å². The van der Waals surface area contributed by atoms with E-state index in [1.54, 1.807) is 41.9 Å². The number of methoxy groups -OCH3 is 3. The first kappa shape index (κ1) is 121. The Labute approximate surface area is 511 Å². The molecule has 0 amide bonds. The number of nitrogens with one attached hydrogen (secondary N) is 1. The Kier molecular flexibility index (Phi) is 109.